The summed E-state index contributed by atoms with van der Waals surface area (Å²) in [4.78, 5) is 24.1. The average Bonchev–Trinajstić information content (AvgIpc) is 2.76. The molecule has 1 saturated heterocycles. The van der Waals surface area contributed by atoms with E-state index in [1.165, 1.54) is 13.0 Å². The van der Waals surface area contributed by atoms with Gasteiger partial charge in [-0.1, -0.05) is 11.6 Å². The van der Waals surface area contributed by atoms with Gasteiger partial charge in [0, 0.05) is 13.1 Å². The molecule has 1 N–H and O–H groups in total. The van der Waals surface area contributed by atoms with E-state index >= 15 is 0 Å². The van der Waals surface area contributed by atoms with Gasteiger partial charge in [0.25, 0.3) is 5.91 Å². The van der Waals surface area contributed by atoms with Gasteiger partial charge >= 0.3 is 5.97 Å². The number of carbonyl (C=O) groups is 2. The van der Waals surface area contributed by atoms with E-state index in [1.807, 2.05) is 0 Å². The van der Waals surface area contributed by atoms with Crippen LogP contribution >= 0.6 is 11.6 Å². The van der Waals surface area contributed by atoms with Crippen molar-refractivity contribution < 1.29 is 36.3 Å². The minimum atomic E-state index is -4.20. The average molecular weight is 489 g/mol. The Kier molecular flexibility index (Phi) is 7.44. The normalized spacial score (nSPS) is 15.8. The van der Waals surface area contributed by atoms with Gasteiger partial charge in [-0.25, -0.2) is 22.0 Å². The molecule has 12 heteroatoms. The van der Waals surface area contributed by atoms with Gasteiger partial charge in [-0.15, -0.1) is 0 Å². The third-order valence-electron chi connectivity index (χ3n) is 4.60. The number of nitrogens with zero attached hydrogens (tertiary/aromatic N) is 1. The van der Waals surface area contributed by atoms with E-state index in [0.29, 0.717) is 0 Å². The second-order valence-corrected chi connectivity index (χ2v) is 9.14. The van der Waals surface area contributed by atoms with Crippen molar-refractivity contribution in [3.05, 3.63) is 58.6 Å². The zero-order valence-electron chi connectivity index (χ0n) is 16.8. The number of hydrogen-bond acceptors (Lipinski definition) is 6. The molecule has 2 aromatic carbocycles. The first-order valence-electron chi connectivity index (χ1n) is 9.44. The van der Waals surface area contributed by atoms with Crippen molar-refractivity contribution in [2.75, 3.05) is 31.6 Å². The molecule has 1 aliphatic rings. The highest BCUT2D eigenvalue weighted by molar-refractivity contribution is 7.89. The Morgan fingerprint density at radius 1 is 1.16 bits per heavy atom. The van der Waals surface area contributed by atoms with Gasteiger partial charge in [0.2, 0.25) is 10.0 Å². The van der Waals surface area contributed by atoms with Crippen molar-refractivity contribution >= 4 is 39.2 Å². The number of nitrogens with one attached hydrogen (secondary N) is 1. The summed E-state index contributed by atoms with van der Waals surface area (Å²) in [6.45, 7) is 1.74. The van der Waals surface area contributed by atoms with E-state index in [4.69, 9.17) is 21.1 Å². The second kappa shape index (κ2) is 9.90. The minimum Gasteiger partial charge on any atom is -0.449 e. The van der Waals surface area contributed by atoms with Crippen molar-refractivity contribution in [1.29, 1.82) is 0 Å². The number of sulfonamides is 1. The lowest BCUT2D eigenvalue weighted by Gasteiger charge is -2.26. The molecule has 0 aliphatic carbocycles. The Balaban J connectivity index is 1.73. The number of benzene rings is 2. The summed E-state index contributed by atoms with van der Waals surface area (Å²) in [5.74, 6) is -3.40. The molecular weight excluding hydrogens is 470 g/mol. The van der Waals surface area contributed by atoms with Gasteiger partial charge < -0.3 is 14.8 Å². The molecule has 1 aliphatic heterocycles. The zero-order valence-corrected chi connectivity index (χ0v) is 18.4. The molecule has 1 amide bonds. The highest BCUT2D eigenvalue weighted by Crippen LogP contribution is 2.24. The standard InChI is InChI=1S/C20H19ClF2N2O6S/c1-12(19(26)24-17-5-3-14(22)11-15(17)21)31-20(27)13-2-4-16(23)18(10-13)32(28,29)25-6-8-30-9-7-25/h2-5,10-12H,6-9H2,1H3,(H,24,26). The van der Waals surface area contributed by atoms with Gasteiger partial charge in [0.15, 0.2) is 6.10 Å². The zero-order chi connectivity index (χ0) is 23.5. The molecule has 1 fully saturated rings. The predicted molar refractivity (Wildman–Crippen MR) is 111 cm³/mol. The molecule has 8 nitrogen and oxygen atoms in total. The van der Waals surface area contributed by atoms with Crippen LogP contribution in [0.1, 0.15) is 17.3 Å². The topological polar surface area (TPSA) is 102 Å². The highest BCUT2D eigenvalue weighted by atomic mass is 35.5. The van der Waals surface area contributed by atoms with Crippen molar-refractivity contribution in [3.8, 4) is 0 Å². The third-order valence-corrected chi connectivity index (χ3v) is 6.82. The van der Waals surface area contributed by atoms with Crippen LogP contribution < -0.4 is 5.32 Å². The van der Waals surface area contributed by atoms with Crippen molar-refractivity contribution in [2.24, 2.45) is 0 Å². The first-order chi connectivity index (χ1) is 15.1. The fourth-order valence-electron chi connectivity index (χ4n) is 2.86. The second-order valence-electron chi connectivity index (χ2n) is 6.82. The molecule has 1 unspecified atom stereocenters. The SMILES string of the molecule is CC(OC(=O)c1ccc(F)c(S(=O)(=O)N2CCOCC2)c1)C(=O)Nc1ccc(F)cc1Cl. The van der Waals surface area contributed by atoms with Gasteiger partial charge in [-0.2, -0.15) is 4.31 Å². The van der Waals surface area contributed by atoms with Crippen LogP contribution in [0.25, 0.3) is 0 Å². The summed E-state index contributed by atoms with van der Waals surface area (Å²) in [6, 6.07) is 6.09. The summed E-state index contributed by atoms with van der Waals surface area (Å²) in [5.41, 5.74) is -0.140. The van der Waals surface area contributed by atoms with E-state index in [0.717, 1.165) is 34.6 Å². The maximum Gasteiger partial charge on any atom is 0.338 e. The third kappa shape index (κ3) is 5.41. The summed E-state index contributed by atoms with van der Waals surface area (Å²) in [6.07, 6.45) is -1.31. The number of esters is 1. The molecule has 0 bridgehead atoms. The number of anilines is 1. The Hall–Kier alpha value is -2.60. The van der Waals surface area contributed by atoms with Crippen molar-refractivity contribution in [2.45, 2.75) is 17.9 Å². The smallest absolute Gasteiger partial charge is 0.338 e. The van der Waals surface area contributed by atoms with Crippen LogP contribution in [-0.2, 0) is 24.3 Å². The lowest BCUT2D eigenvalue weighted by molar-refractivity contribution is -0.123. The van der Waals surface area contributed by atoms with E-state index in [9.17, 15) is 26.8 Å². The van der Waals surface area contributed by atoms with Crippen LogP contribution in [0.15, 0.2) is 41.3 Å². The number of rotatable bonds is 6. The van der Waals surface area contributed by atoms with Gasteiger partial charge in [0.1, 0.15) is 16.5 Å². The number of ether oxygens (including phenoxy) is 2. The Labute approximate surface area is 188 Å². The molecule has 0 aromatic heterocycles. The lowest BCUT2D eigenvalue weighted by Crippen LogP contribution is -2.41. The summed E-state index contributed by atoms with van der Waals surface area (Å²) < 4.78 is 64.1. The molecule has 2 aromatic rings. The quantitative estimate of drug-likeness (QED) is 0.627. The van der Waals surface area contributed by atoms with Crippen molar-refractivity contribution in [3.63, 3.8) is 0 Å². The molecule has 1 atom stereocenters. The molecule has 0 saturated carbocycles. The summed E-state index contributed by atoms with van der Waals surface area (Å²) in [7, 11) is -4.20. The molecule has 32 heavy (non-hydrogen) atoms. The summed E-state index contributed by atoms with van der Waals surface area (Å²) in [5, 5.41) is 2.34. The largest absolute Gasteiger partial charge is 0.449 e. The number of hydrogen-bond donors (Lipinski definition) is 1. The maximum absolute atomic E-state index is 14.3. The van der Waals surface area contributed by atoms with E-state index < -0.39 is 44.5 Å². The molecule has 1 heterocycles. The minimum absolute atomic E-state index is 0.0478. The van der Waals surface area contributed by atoms with Gasteiger partial charge in [0.05, 0.1) is 29.5 Å². The van der Waals surface area contributed by atoms with E-state index in [1.54, 1.807) is 0 Å². The van der Waals surface area contributed by atoms with Gasteiger partial charge in [-0.3, -0.25) is 4.79 Å². The van der Waals surface area contributed by atoms with Gasteiger partial charge in [-0.05, 0) is 43.3 Å². The maximum atomic E-state index is 14.3. The van der Waals surface area contributed by atoms with Crippen LogP contribution in [-0.4, -0.2) is 57.0 Å². The molecular formula is C20H19ClF2N2O6S. The lowest BCUT2D eigenvalue weighted by atomic mass is 10.2. The fraction of sp³-hybridized carbons (Fsp3) is 0.300. The van der Waals surface area contributed by atoms with Crippen LogP contribution in [0.3, 0.4) is 0 Å². The Bertz CT molecular complexity index is 1140. The molecule has 0 radical (unpaired) electrons. The molecule has 172 valence electrons. The van der Waals surface area contributed by atoms with E-state index in [2.05, 4.69) is 5.32 Å². The van der Waals surface area contributed by atoms with Crippen LogP contribution in [0, 0.1) is 11.6 Å². The predicted octanol–water partition coefficient (Wildman–Crippen LogP) is 2.82. The summed E-state index contributed by atoms with van der Waals surface area (Å²) >= 11 is 5.85. The monoisotopic (exact) mass is 488 g/mol. The molecule has 0 spiro atoms. The number of halogens is 3. The number of amides is 1. The first kappa shape index (κ1) is 24.1. The van der Waals surface area contributed by atoms with Crippen molar-refractivity contribution in [1.82, 2.24) is 4.31 Å². The fourth-order valence-corrected chi connectivity index (χ4v) is 4.57. The first-order valence-corrected chi connectivity index (χ1v) is 11.3. The van der Waals surface area contributed by atoms with E-state index in [-0.39, 0.29) is 42.6 Å². The van der Waals surface area contributed by atoms with Crippen LogP contribution in [0.5, 0.6) is 0 Å². The van der Waals surface area contributed by atoms with Crippen LogP contribution in [0.2, 0.25) is 5.02 Å². The number of carbonyl (C=O) groups excluding carboxylic acids is 2. The Morgan fingerprint density at radius 2 is 1.84 bits per heavy atom. The highest BCUT2D eigenvalue weighted by Gasteiger charge is 2.30. The molecule has 3 rings (SSSR count). The Morgan fingerprint density at radius 3 is 2.50 bits per heavy atom. The van der Waals surface area contributed by atoms with Crippen LogP contribution in [0.4, 0.5) is 14.5 Å². The number of morpholine rings is 1.